The van der Waals surface area contributed by atoms with E-state index in [0.717, 1.165) is 6.54 Å². The predicted octanol–water partition coefficient (Wildman–Crippen LogP) is -0.804. The number of nitrogens with two attached hydrogens (primary N) is 1. The van der Waals surface area contributed by atoms with Crippen LogP contribution in [-0.2, 0) is 14.4 Å². The molecule has 2 atom stereocenters. The molecule has 1 aliphatic rings. The van der Waals surface area contributed by atoms with E-state index >= 15 is 0 Å². The Bertz CT molecular complexity index is 379. The number of allylic oxidation sites excluding steroid dienone is 1. The summed E-state index contributed by atoms with van der Waals surface area (Å²) in [6.45, 7) is 4.52. The van der Waals surface area contributed by atoms with Crippen LogP contribution in [0.4, 0.5) is 0 Å². The zero-order chi connectivity index (χ0) is 13.7. The molecule has 1 unspecified atom stereocenters. The molecule has 1 fully saturated rings. The number of carbonyl (C=O) groups excluding carboxylic acids is 3. The van der Waals surface area contributed by atoms with Gasteiger partial charge >= 0.3 is 0 Å². The minimum Gasteiger partial charge on any atom is -0.368 e. The zero-order valence-electron chi connectivity index (χ0n) is 10.7. The monoisotopic (exact) mass is 253 g/mol. The van der Waals surface area contributed by atoms with Crippen LogP contribution >= 0.6 is 0 Å². The van der Waals surface area contributed by atoms with Crippen LogP contribution in [-0.4, -0.2) is 47.7 Å². The summed E-state index contributed by atoms with van der Waals surface area (Å²) in [4.78, 5) is 35.4. The van der Waals surface area contributed by atoms with E-state index in [1.807, 2.05) is 6.92 Å². The maximum atomic E-state index is 11.9. The van der Waals surface area contributed by atoms with Crippen molar-refractivity contribution < 1.29 is 14.4 Å². The van der Waals surface area contributed by atoms with E-state index in [2.05, 4.69) is 5.32 Å². The van der Waals surface area contributed by atoms with Crippen molar-refractivity contribution in [3.8, 4) is 0 Å². The number of hydrogen-bond donors (Lipinski definition) is 2. The van der Waals surface area contributed by atoms with E-state index in [1.54, 1.807) is 0 Å². The Kier molecular flexibility index (Phi) is 5.03. The summed E-state index contributed by atoms with van der Waals surface area (Å²) in [7, 11) is 0. The van der Waals surface area contributed by atoms with Gasteiger partial charge in [0.25, 0.3) is 0 Å². The van der Waals surface area contributed by atoms with Crippen LogP contribution in [0.25, 0.3) is 0 Å². The summed E-state index contributed by atoms with van der Waals surface area (Å²) in [6.07, 6.45) is 2.90. The molecule has 0 aromatic rings. The molecular weight excluding hydrogens is 234 g/mol. The van der Waals surface area contributed by atoms with Crippen molar-refractivity contribution in [3.63, 3.8) is 0 Å². The summed E-state index contributed by atoms with van der Waals surface area (Å²) < 4.78 is 0. The van der Waals surface area contributed by atoms with E-state index in [1.165, 1.54) is 24.0 Å². The number of ketones is 1. The zero-order valence-corrected chi connectivity index (χ0v) is 10.7. The standard InChI is InChI=1S/C12H19N3O3/c1-3-14-9-6-10(12(13)18)15(7-9)11(17)5-4-8(2)16/h4-5,9-10,14H,3,6-7H2,1-2H3,(H2,13,18)/b5-4+/t9-,10?/m0/s1. The molecule has 1 aliphatic heterocycles. The van der Waals surface area contributed by atoms with Crippen molar-refractivity contribution >= 4 is 17.6 Å². The maximum absolute atomic E-state index is 11.9. The predicted molar refractivity (Wildman–Crippen MR) is 66.6 cm³/mol. The normalized spacial score (nSPS) is 23.6. The highest BCUT2D eigenvalue weighted by molar-refractivity contribution is 5.98. The minimum absolute atomic E-state index is 0.0715. The van der Waals surface area contributed by atoms with Crippen LogP contribution in [0.15, 0.2) is 12.2 Å². The molecule has 18 heavy (non-hydrogen) atoms. The van der Waals surface area contributed by atoms with Gasteiger partial charge in [-0.3, -0.25) is 14.4 Å². The Morgan fingerprint density at radius 1 is 1.39 bits per heavy atom. The van der Waals surface area contributed by atoms with Crippen LogP contribution in [0.3, 0.4) is 0 Å². The van der Waals surface area contributed by atoms with Gasteiger partial charge in [-0.25, -0.2) is 0 Å². The van der Waals surface area contributed by atoms with Gasteiger partial charge in [0, 0.05) is 18.7 Å². The lowest BCUT2D eigenvalue weighted by Crippen LogP contribution is -2.43. The topological polar surface area (TPSA) is 92.5 Å². The Morgan fingerprint density at radius 3 is 2.56 bits per heavy atom. The van der Waals surface area contributed by atoms with Gasteiger partial charge in [0.15, 0.2) is 5.78 Å². The van der Waals surface area contributed by atoms with Gasteiger partial charge in [-0.1, -0.05) is 6.92 Å². The second kappa shape index (κ2) is 6.30. The Hall–Kier alpha value is -1.69. The van der Waals surface area contributed by atoms with Crippen molar-refractivity contribution in [3.05, 3.63) is 12.2 Å². The average molecular weight is 253 g/mol. The summed E-state index contributed by atoms with van der Waals surface area (Å²) in [5, 5.41) is 3.19. The molecule has 0 aliphatic carbocycles. The smallest absolute Gasteiger partial charge is 0.247 e. The molecule has 3 N–H and O–H groups in total. The van der Waals surface area contributed by atoms with Crippen molar-refractivity contribution in [2.45, 2.75) is 32.4 Å². The van der Waals surface area contributed by atoms with Gasteiger partial charge in [0.2, 0.25) is 11.8 Å². The molecule has 100 valence electrons. The molecule has 0 saturated carbocycles. The quantitative estimate of drug-likeness (QED) is 0.627. The third kappa shape index (κ3) is 3.66. The van der Waals surface area contributed by atoms with Crippen LogP contribution in [0.2, 0.25) is 0 Å². The van der Waals surface area contributed by atoms with Crippen LogP contribution in [0.5, 0.6) is 0 Å². The van der Waals surface area contributed by atoms with Gasteiger partial charge in [0.1, 0.15) is 6.04 Å². The number of nitrogens with one attached hydrogen (secondary N) is 1. The molecule has 0 spiro atoms. The number of rotatable bonds is 5. The summed E-state index contributed by atoms with van der Waals surface area (Å²) in [5.41, 5.74) is 5.29. The van der Waals surface area contributed by atoms with Gasteiger partial charge < -0.3 is 16.0 Å². The lowest BCUT2D eigenvalue weighted by Gasteiger charge is -2.20. The first-order valence-corrected chi connectivity index (χ1v) is 5.97. The Morgan fingerprint density at radius 2 is 2.06 bits per heavy atom. The van der Waals surface area contributed by atoms with Crippen LogP contribution in [0, 0.1) is 0 Å². The minimum atomic E-state index is -0.599. The largest absolute Gasteiger partial charge is 0.368 e. The van der Waals surface area contributed by atoms with Crippen molar-refractivity contribution in [2.75, 3.05) is 13.1 Å². The molecule has 6 heteroatoms. The average Bonchev–Trinajstić information content (AvgIpc) is 2.70. The number of nitrogens with zero attached hydrogens (tertiary/aromatic N) is 1. The third-order valence-corrected chi connectivity index (χ3v) is 2.87. The molecule has 0 radical (unpaired) electrons. The van der Waals surface area contributed by atoms with Crippen molar-refractivity contribution in [2.24, 2.45) is 5.73 Å². The number of amides is 2. The third-order valence-electron chi connectivity index (χ3n) is 2.87. The summed E-state index contributed by atoms with van der Waals surface area (Å²) in [5.74, 6) is -1.07. The highest BCUT2D eigenvalue weighted by Gasteiger charge is 2.37. The molecule has 0 aromatic carbocycles. The van der Waals surface area contributed by atoms with E-state index < -0.39 is 11.9 Å². The van der Waals surface area contributed by atoms with E-state index in [9.17, 15) is 14.4 Å². The molecule has 0 bridgehead atoms. The van der Waals surface area contributed by atoms with Gasteiger partial charge in [-0.15, -0.1) is 0 Å². The number of likely N-dealkylation sites (tertiary alicyclic amines) is 1. The number of primary amides is 1. The lowest BCUT2D eigenvalue weighted by molar-refractivity contribution is -0.133. The second-order valence-electron chi connectivity index (χ2n) is 4.34. The number of likely N-dealkylation sites (N-methyl/N-ethyl adjacent to an activating group) is 1. The fraction of sp³-hybridized carbons (Fsp3) is 0.583. The molecule has 1 heterocycles. The SMILES string of the molecule is CCN[C@H]1CC(C(N)=O)N(C(=O)/C=C/C(C)=O)C1. The molecule has 1 rings (SSSR count). The first kappa shape index (κ1) is 14.4. The maximum Gasteiger partial charge on any atom is 0.247 e. The molecule has 0 aromatic heterocycles. The first-order chi connectivity index (χ1) is 8.45. The van der Waals surface area contributed by atoms with Gasteiger partial charge in [-0.2, -0.15) is 0 Å². The second-order valence-corrected chi connectivity index (χ2v) is 4.34. The summed E-state index contributed by atoms with van der Waals surface area (Å²) in [6, 6.07) is -0.527. The highest BCUT2D eigenvalue weighted by atomic mass is 16.2. The van der Waals surface area contributed by atoms with E-state index in [-0.39, 0.29) is 17.7 Å². The molecule has 6 nitrogen and oxygen atoms in total. The molecular formula is C12H19N3O3. The van der Waals surface area contributed by atoms with Gasteiger partial charge in [0.05, 0.1) is 0 Å². The fourth-order valence-electron chi connectivity index (χ4n) is 2.07. The van der Waals surface area contributed by atoms with Crippen LogP contribution in [0.1, 0.15) is 20.3 Å². The van der Waals surface area contributed by atoms with Crippen molar-refractivity contribution in [1.82, 2.24) is 10.2 Å². The molecule has 2 amide bonds. The van der Waals surface area contributed by atoms with Crippen molar-refractivity contribution in [1.29, 1.82) is 0 Å². The Labute approximate surface area is 106 Å². The van der Waals surface area contributed by atoms with Gasteiger partial charge in [-0.05, 0) is 26.0 Å². The first-order valence-electron chi connectivity index (χ1n) is 5.97. The highest BCUT2D eigenvalue weighted by Crippen LogP contribution is 2.18. The van der Waals surface area contributed by atoms with E-state index in [0.29, 0.717) is 13.0 Å². The number of hydrogen-bond acceptors (Lipinski definition) is 4. The summed E-state index contributed by atoms with van der Waals surface area (Å²) >= 11 is 0. The number of carbonyl (C=O) groups is 3. The van der Waals surface area contributed by atoms with Crippen LogP contribution < -0.4 is 11.1 Å². The van der Waals surface area contributed by atoms with E-state index in [4.69, 9.17) is 5.73 Å². The molecule has 1 saturated heterocycles. The lowest BCUT2D eigenvalue weighted by atomic mass is 10.1. The Balaban J connectivity index is 2.74. The fourth-order valence-corrected chi connectivity index (χ4v) is 2.07.